The highest BCUT2D eigenvalue weighted by Gasteiger charge is 2.22. The largest absolute Gasteiger partial charge is 0.376 e. The van der Waals surface area contributed by atoms with Gasteiger partial charge < -0.3 is 19.3 Å². The molecule has 4 nitrogen and oxygen atoms in total. The van der Waals surface area contributed by atoms with Crippen molar-refractivity contribution in [3.05, 3.63) is 12.2 Å². The Kier molecular flexibility index (Phi) is 4.92. The van der Waals surface area contributed by atoms with Gasteiger partial charge in [0.2, 0.25) is 0 Å². The number of aliphatic hydroxyl groups is 1. The van der Waals surface area contributed by atoms with Gasteiger partial charge in [0, 0.05) is 6.42 Å². The number of hydrogen-bond donors (Lipinski definition) is 1. The average molecular weight is 230 g/mol. The Balaban J connectivity index is 2.32. The molecule has 0 aliphatic carbocycles. The van der Waals surface area contributed by atoms with E-state index in [1.165, 1.54) is 0 Å². The summed E-state index contributed by atoms with van der Waals surface area (Å²) >= 11 is 0. The van der Waals surface area contributed by atoms with Crippen LogP contribution in [0.25, 0.3) is 0 Å². The molecule has 1 N–H and O–H groups in total. The van der Waals surface area contributed by atoms with Gasteiger partial charge in [0.05, 0.1) is 25.4 Å². The van der Waals surface area contributed by atoms with Gasteiger partial charge >= 0.3 is 0 Å². The van der Waals surface area contributed by atoms with E-state index in [2.05, 4.69) is 6.58 Å². The molecule has 0 aromatic carbocycles. The summed E-state index contributed by atoms with van der Waals surface area (Å²) in [7, 11) is 0. The molecule has 16 heavy (non-hydrogen) atoms. The molecule has 2 atom stereocenters. The normalized spacial score (nSPS) is 24.1. The highest BCUT2D eigenvalue weighted by molar-refractivity contribution is 5.04. The summed E-state index contributed by atoms with van der Waals surface area (Å²) in [5.74, 6) is 0. The van der Waals surface area contributed by atoms with Crippen LogP contribution in [0.1, 0.15) is 27.2 Å². The maximum Gasteiger partial charge on any atom is 0.159 e. The van der Waals surface area contributed by atoms with E-state index in [9.17, 15) is 5.11 Å². The van der Waals surface area contributed by atoms with E-state index in [1.807, 2.05) is 20.8 Å². The van der Waals surface area contributed by atoms with Crippen LogP contribution in [0, 0.1) is 0 Å². The second-order valence-corrected chi connectivity index (χ2v) is 4.98. The molecule has 2 unspecified atom stereocenters. The number of rotatable bonds is 4. The zero-order valence-electron chi connectivity index (χ0n) is 10.4. The molecule has 0 aromatic rings. The molecule has 0 radical (unpaired) electrons. The van der Waals surface area contributed by atoms with Gasteiger partial charge in [-0.15, -0.1) is 0 Å². The lowest BCUT2D eigenvalue weighted by atomic mass is 10.1. The minimum Gasteiger partial charge on any atom is -0.376 e. The standard InChI is InChI=1S/C12H22O4/c1-9(10-8-14-5-6-15-10)7-11(13)16-12(2,3)4/h10-11,13H,1,5-8H2,2-4H3. The first-order valence-electron chi connectivity index (χ1n) is 5.61. The quantitative estimate of drug-likeness (QED) is 0.587. The Morgan fingerprint density at radius 1 is 1.50 bits per heavy atom. The lowest BCUT2D eigenvalue weighted by molar-refractivity contribution is -0.167. The second-order valence-electron chi connectivity index (χ2n) is 4.98. The number of aliphatic hydroxyl groups excluding tert-OH is 1. The first-order valence-corrected chi connectivity index (χ1v) is 5.61. The molecular formula is C12H22O4. The Morgan fingerprint density at radius 2 is 2.19 bits per heavy atom. The van der Waals surface area contributed by atoms with Gasteiger partial charge in [-0.3, -0.25) is 0 Å². The SMILES string of the molecule is C=C(CC(O)OC(C)(C)C)C1COCCO1. The lowest BCUT2D eigenvalue weighted by Crippen LogP contribution is -2.33. The minimum atomic E-state index is -0.835. The predicted molar refractivity (Wildman–Crippen MR) is 61.2 cm³/mol. The predicted octanol–water partition coefficient (Wildman–Crippen LogP) is 1.48. The fourth-order valence-corrected chi connectivity index (χ4v) is 1.53. The molecule has 0 aromatic heterocycles. The average Bonchev–Trinajstić information content (AvgIpc) is 2.16. The van der Waals surface area contributed by atoms with Crippen LogP contribution in [0.15, 0.2) is 12.2 Å². The third kappa shape index (κ3) is 5.07. The smallest absolute Gasteiger partial charge is 0.159 e. The van der Waals surface area contributed by atoms with E-state index >= 15 is 0 Å². The molecule has 1 fully saturated rings. The fourth-order valence-electron chi connectivity index (χ4n) is 1.53. The van der Waals surface area contributed by atoms with Crippen molar-refractivity contribution in [3.63, 3.8) is 0 Å². The van der Waals surface area contributed by atoms with Gasteiger partial charge in [-0.2, -0.15) is 0 Å². The monoisotopic (exact) mass is 230 g/mol. The third-order valence-electron chi connectivity index (χ3n) is 2.20. The molecule has 1 saturated heterocycles. The van der Waals surface area contributed by atoms with E-state index in [1.54, 1.807) is 0 Å². The van der Waals surface area contributed by atoms with E-state index in [0.717, 1.165) is 5.57 Å². The number of hydrogen-bond acceptors (Lipinski definition) is 4. The van der Waals surface area contributed by atoms with Crippen molar-refractivity contribution in [1.29, 1.82) is 0 Å². The Labute approximate surface area is 97.2 Å². The van der Waals surface area contributed by atoms with E-state index in [-0.39, 0.29) is 11.7 Å². The van der Waals surface area contributed by atoms with Gasteiger partial charge in [-0.05, 0) is 26.3 Å². The molecular weight excluding hydrogens is 208 g/mol. The van der Waals surface area contributed by atoms with E-state index in [0.29, 0.717) is 26.2 Å². The van der Waals surface area contributed by atoms with Crippen molar-refractivity contribution in [3.8, 4) is 0 Å². The van der Waals surface area contributed by atoms with Gasteiger partial charge in [0.25, 0.3) is 0 Å². The van der Waals surface area contributed by atoms with E-state index in [4.69, 9.17) is 14.2 Å². The zero-order chi connectivity index (χ0) is 12.2. The maximum atomic E-state index is 9.71. The van der Waals surface area contributed by atoms with Crippen LogP contribution in [-0.4, -0.2) is 42.9 Å². The Hall–Kier alpha value is -0.420. The topological polar surface area (TPSA) is 47.9 Å². The van der Waals surface area contributed by atoms with Gasteiger partial charge in [-0.25, -0.2) is 0 Å². The minimum absolute atomic E-state index is 0.119. The molecule has 0 amide bonds. The highest BCUT2D eigenvalue weighted by Crippen LogP contribution is 2.18. The van der Waals surface area contributed by atoms with Crippen LogP contribution in [0.3, 0.4) is 0 Å². The van der Waals surface area contributed by atoms with Crippen molar-refractivity contribution >= 4 is 0 Å². The molecule has 1 rings (SSSR count). The van der Waals surface area contributed by atoms with Crippen LogP contribution < -0.4 is 0 Å². The first kappa shape index (κ1) is 13.6. The lowest BCUT2D eigenvalue weighted by Gasteiger charge is -2.28. The molecule has 0 bridgehead atoms. The molecule has 1 aliphatic rings. The van der Waals surface area contributed by atoms with Crippen LogP contribution in [0.4, 0.5) is 0 Å². The van der Waals surface area contributed by atoms with Gasteiger partial charge in [0.1, 0.15) is 6.10 Å². The summed E-state index contributed by atoms with van der Waals surface area (Å²) in [6, 6.07) is 0. The van der Waals surface area contributed by atoms with Crippen LogP contribution >= 0.6 is 0 Å². The van der Waals surface area contributed by atoms with Crippen LogP contribution in [0.5, 0.6) is 0 Å². The van der Waals surface area contributed by atoms with Crippen molar-refractivity contribution in [2.24, 2.45) is 0 Å². The molecule has 1 aliphatic heterocycles. The van der Waals surface area contributed by atoms with Crippen LogP contribution in [0.2, 0.25) is 0 Å². The summed E-state index contributed by atoms with van der Waals surface area (Å²) in [5.41, 5.74) is 0.459. The summed E-state index contributed by atoms with van der Waals surface area (Å²) in [6.45, 7) is 11.3. The molecule has 0 spiro atoms. The van der Waals surface area contributed by atoms with Crippen LogP contribution in [-0.2, 0) is 14.2 Å². The van der Waals surface area contributed by atoms with Crippen molar-refractivity contribution in [2.45, 2.75) is 45.2 Å². The molecule has 1 heterocycles. The molecule has 0 saturated carbocycles. The summed E-state index contributed by atoms with van der Waals surface area (Å²) < 4.78 is 16.2. The van der Waals surface area contributed by atoms with E-state index < -0.39 is 6.29 Å². The van der Waals surface area contributed by atoms with Crippen molar-refractivity contribution in [2.75, 3.05) is 19.8 Å². The Morgan fingerprint density at radius 3 is 2.69 bits per heavy atom. The third-order valence-corrected chi connectivity index (χ3v) is 2.20. The first-order chi connectivity index (χ1) is 7.38. The molecule has 94 valence electrons. The number of ether oxygens (including phenoxy) is 3. The van der Waals surface area contributed by atoms with Gasteiger partial charge in [-0.1, -0.05) is 6.58 Å². The second kappa shape index (κ2) is 5.77. The summed E-state index contributed by atoms with van der Waals surface area (Å²) in [5, 5.41) is 9.71. The molecule has 4 heteroatoms. The fraction of sp³-hybridized carbons (Fsp3) is 0.833. The maximum absolute atomic E-state index is 9.71. The van der Waals surface area contributed by atoms with Crippen molar-refractivity contribution in [1.82, 2.24) is 0 Å². The zero-order valence-corrected chi connectivity index (χ0v) is 10.4. The van der Waals surface area contributed by atoms with Crippen molar-refractivity contribution < 1.29 is 19.3 Å². The Bertz CT molecular complexity index is 226. The van der Waals surface area contributed by atoms with Gasteiger partial charge in [0.15, 0.2) is 6.29 Å². The summed E-state index contributed by atoms with van der Waals surface area (Å²) in [6.07, 6.45) is -0.573. The summed E-state index contributed by atoms with van der Waals surface area (Å²) in [4.78, 5) is 0. The highest BCUT2D eigenvalue weighted by atomic mass is 16.6.